The molecule has 0 aliphatic heterocycles. The minimum absolute atomic E-state index is 0.245. The van der Waals surface area contributed by atoms with Crippen LogP contribution in [-0.2, 0) is 0 Å². The molecule has 1 aromatic carbocycles. The summed E-state index contributed by atoms with van der Waals surface area (Å²) in [5.41, 5.74) is 1.43. The van der Waals surface area contributed by atoms with E-state index in [0.29, 0.717) is 16.7 Å². The molecule has 3 rings (SSSR count). The van der Waals surface area contributed by atoms with E-state index in [2.05, 4.69) is 35.6 Å². The van der Waals surface area contributed by atoms with Crippen molar-refractivity contribution in [2.45, 2.75) is 12.5 Å². The summed E-state index contributed by atoms with van der Waals surface area (Å²) in [6.07, 6.45) is -4.30. The lowest BCUT2D eigenvalue weighted by Crippen LogP contribution is -2.17. The van der Waals surface area contributed by atoms with E-state index in [1.165, 1.54) is 12.1 Å². The Morgan fingerprint density at radius 3 is 2.57 bits per heavy atom. The Morgan fingerprint density at radius 2 is 1.91 bits per heavy atom. The standard InChI is InChI=1S/C14H9BrF3N3O2/c15-8-5-10-12(19-6-8)21-13(20-10)11(22)7-1-3-9(4-2-7)23-14(16,17)18/h1-6,11,22H,(H,19,20,21). The lowest BCUT2D eigenvalue weighted by atomic mass is 10.1. The number of rotatable bonds is 3. The van der Waals surface area contributed by atoms with E-state index in [1.54, 1.807) is 12.3 Å². The minimum atomic E-state index is -4.75. The number of nitrogens with one attached hydrogen (secondary N) is 1. The summed E-state index contributed by atoms with van der Waals surface area (Å²) < 4.78 is 40.9. The fourth-order valence-corrected chi connectivity index (χ4v) is 2.36. The normalized spacial score (nSPS) is 13.3. The molecule has 9 heteroatoms. The van der Waals surface area contributed by atoms with E-state index < -0.39 is 12.5 Å². The molecule has 0 spiro atoms. The highest BCUT2D eigenvalue weighted by Crippen LogP contribution is 2.27. The summed E-state index contributed by atoms with van der Waals surface area (Å²) in [6, 6.07) is 6.68. The summed E-state index contributed by atoms with van der Waals surface area (Å²) >= 11 is 3.28. The van der Waals surface area contributed by atoms with Crippen LogP contribution in [0.5, 0.6) is 5.75 Å². The van der Waals surface area contributed by atoms with Gasteiger partial charge in [-0.3, -0.25) is 0 Å². The van der Waals surface area contributed by atoms with Gasteiger partial charge in [-0.05, 0) is 39.7 Å². The van der Waals surface area contributed by atoms with Crippen LogP contribution in [-0.4, -0.2) is 26.4 Å². The average Bonchev–Trinajstić information content (AvgIpc) is 2.88. The summed E-state index contributed by atoms with van der Waals surface area (Å²) in [4.78, 5) is 11.2. The van der Waals surface area contributed by atoms with Gasteiger partial charge in [0, 0.05) is 10.7 Å². The van der Waals surface area contributed by atoms with Crippen molar-refractivity contribution in [2.75, 3.05) is 0 Å². The Hall–Kier alpha value is -2.13. The van der Waals surface area contributed by atoms with Gasteiger partial charge in [-0.1, -0.05) is 12.1 Å². The molecular weight excluding hydrogens is 379 g/mol. The highest BCUT2D eigenvalue weighted by atomic mass is 79.9. The second-order valence-electron chi connectivity index (χ2n) is 4.67. The molecule has 0 saturated heterocycles. The predicted octanol–water partition coefficient (Wildman–Crippen LogP) is 3.70. The van der Waals surface area contributed by atoms with Crippen LogP contribution in [0.2, 0.25) is 0 Å². The summed E-state index contributed by atoms with van der Waals surface area (Å²) in [6.45, 7) is 0. The summed E-state index contributed by atoms with van der Waals surface area (Å²) in [7, 11) is 0. The number of ether oxygens (including phenoxy) is 1. The Balaban J connectivity index is 1.85. The fraction of sp³-hybridized carbons (Fsp3) is 0.143. The molecule has 0 aliphatic carbocycles. The molecule has 5 nitrogen and oxygen atoms in total. The van der Waals surface area contributed by atoms with Crippen LogP contribution in [0.1, 0.15) is 17.5 Å². The quantitative estimate of drug-likeness (QED) is 0.718. The third-order valence-electron chi connectivity index (χ3n) is 3.01. The van der Waals surface area contributed by atoms with Gasteiger partial charge in [-0.25, -0.2) is 9.97 Å². The van der Waals surface area contributed by atoms with E-state index in [0.717, 1.165) is 16.6 Å². The van der Waals surface area contributed by atoms with E-state index in [1.807, 2.05) is 0 Å². The van der Waals surface area contributed by atoms with Gasteiger partial charge in [0.1, 0.15) is 17.7 Å². The number of aliphatic hydroxyl groups is 1. The van der Waals surface area contributed by atoms with E-state index >= 15 is 0 Å². The predicted molar refractivity (Wildman–Crippen MR) is 78.8 cm³/mol. The lowest BCUT2D eigenvalue weighted by molar-refractivity contribution is -0.274. The van der Waals surface area contributed by atoms with Crippen molar-refractivity contribution in [3.05, 3.63) is 52.4 Å². The number of halogens is 4. The van der Waals surface area contributed by atoms with Crippen molar-refractivity contribution >= 4 is 27.1 Å². The lowest BCUT2D eigenvalue weighted by Gasteiger charge is -2.11. The maximum absolute atomic E-state index is 12.1. The van der Waals surface area contributed by atoms with Gasteiger partial charge >= 0.3 is 6.36 Å². The van der Waals surface area contributed by atoms with Gasteiger partial charge < -0.3 is 14.8 Å². The van der Waals surface area contributed by atoms with Crippen LogP contribution < -0.4 is 4.74 Å². The molecule has 0 radical (unpaired) electrons. The number of benzene rings is 1. The third kappa shape index (κ3) is 3.62. The number of hydrogen-bond acceptors (Lipinski definition) is 4. The monoisotopic (exact) mass is 387 g/mol. The molecule has 120 valence electrons. The zero-order valence-electron chi connectivity index (χ0n) is 11.3. The Bertz CT molecular complexity index is 833. The van der Waals surface area contributed by atoms with Crippen LogP contribution in [0.4, 0.5) is 13.2 Å². The van der Waals surface area contributed by atoms with Gasteiger partial charge in [0.05, 0.1) is 5.52 Å². The number of nitrogens with zero attached hydrogens (tertiary/aromatic N) is 2. The van der Waals surface area contributed by atoms with Crippen LogP contribution in [0, 0.1) is 0 Å². The van der Waals surface area contributed by atoms with Crippen molar-refractivity contribution in [3.8, 4) is 5.75 Å². The molecule has 2 heterocycles. The molecule has 3 aromatic rings. The molecule has 1 atom stereocenters. The molecule has 0 saturated carbocycles. The number of aromatic amines is 1. The smallest absolute Gasteiger partial charge is 0.406 e. The zero-order valence-corrected chi connectivity index (χ0v) is 12.9. The first-order valence-electron chi connectivity index (χ1n) is 6.37. The molecule has 0 bridgehead atoms. The molecule has 2 N–H and O–H groups in total. The van der Waals surface area contributed by atoms with Crippen LogP contribution in [0.15, 0.2) is 41.0 Å². The second kappa shape index (κ2) is 5.82. The van der Waals surface area contributed by atoms with Crippen LogP contribution >= 0.6 is 15.9 Å². The minimum Gasteiger partial charge on any atom is -0.406 e. The molecular formula is C14H9BrF3N3O2. The maximum atomic E-state index is 12.1. The largest absolute Gasteiger partial charge is 0.573 e. The molecule has 1 unspecified atom stereocenters. The topological polar surface area (TPSA) is 71.0 Å². The highest BCUT2D eigenvalue weighted by molar-refractivity contribution is 9.10. The van der Waals surface area contributed by atoms with E-state index in [-0.39, 0.29) is 11.6 Å². The highest BCUT2D eigenvalue weighted by Gasteiger charge is 2.31. The average molecular weight is 388 g/mol. The molecule has 0 aliphatic rings. The molecule has 0 amide bonds. The van der Waals surface area contributed by atoms with Gasteiger partial charge in [-0.15, -0.1) is 13.2 Å². The number of hydrogen-bond donors (Lipinski definition) is 2. The van der Waals surface area contributed by atoms with Gasteiger partial charge in [0.2, 0.25) is 0 Å². The van der Waals surface area contributed by atoms with Gasteiger partial charge in [0.25, 0.3) is 0 Å². The number of H-pyrrole nitrogens is 1. The van der Waals surface area contributed by atoms with Crippen molar-refractivity contribution in [1.29, 1.82) is 0 Å². The number of pyridine rings is 1. The Labute approximate surface area is 136 Å². The first-order chi connectivity index (χ1) is 10.8. The van der Waals surface area contributed by atoms with Crippen molar-refractivity contribution in [1.82, 2.24) is 15.0 Å². The third-order valence-corrected chi connectivity index (χ3v) is 3.44. The number of fused-ring (bicyclic) bond motifs is 1. The summed E-state index contributed by atoms with van der Waals surface area (Å²) in [5.74, 6) is -0.112. The number of aromatic nitrogens is 3. The second-order valence-corrected chi connectivity index (χ2v) is 5.58. The maximum Gasteiger partial charge on any atom is 0.573 e. The molecule has 2 aromatic heterocycles. The van der Waals surface area contributed by atoms with Crippen LogP contribution in [0.3, 0.4) is 0 Å². The van der Waals surface area contributed by atoms with Gasteiger partial charge in [-0.2, -0.15) is 0 Å². The SMILES string of the molecule is OC(c1ccc(OC(F)(F)F)cc1)c1nc2ncc(Br)cc2[nH]1. The Kier molecular flexibility index (Phi) is 3.99. The number of alkyl halides is 3. The van der Waals surface area contributed by atoms with Gasteiger partial charge in [0.15, 0.2) is 5.65 Å². The van der Waals surface area contributed by atoms with Crippen molar-refractivity contribution in [3.63, 3.8) is 0 Å². The number of aliphatic hydroxyl groups excluding tert-OH is 1. The first kappa shape index (κ1) is 15.8. The van der Waals surface area contributed by atoms with Crippen LogP contribution in [0.25, 0.3) is 11.2 Å². The van der Waals surface area contributed by atoms with Crippen molar-refractivity contribution < 1.29 is 23.0 Å². The zero-order chi connectivity index (χ0) is 16.6. The summed E-state index contributed by atoms with van der Waals surface area (Å²) in [5, 5.41) is 10.3. The van der Waals surface area contributed by atoms with Crippen molar-refractivity contribution in [2.24, 2.45) is 0 Å². The molecule has 23 heavy (non-hydrogen) atoms. The van der Waals surface area contributed by atoms with E-state index in [4.69, 9.17) is 0 Å². The Morgan fingerprint density at radius 1 is 1.22 bits per heavy atom. The number of imidazole rings is 1. The fourth-order valence-electron chi connectivity index (χ4n) is 2.03. The first-order valence-corrected chi connectivity index (χ1v) is 7.16. The molecule has 0 fully saturated rings. The van der Waals surface area contributed by atoms with E-state index in [9.17, 15) is 18.3 Å².